The van der Waals surface area contributed by atoms with Crippen molar-refractivity contribution in [2.75, 3.05) is 52.4 Å². The molecule has 178 valence electrons. The minimum atomic E-state index is 0.270. The highest BCUT2D eigenvalue weighted by Gasteiger charge is 2.22. The summed E-state index contributed by atoms with van der Waals surface area (Å²) in [4.78, 5) is 13.1. The lowest BCUT2D eigenvalue weighted by molar-refractivity contribution is 0.207. The van der Waals surface area contributed by atoms with E-state index < -0.39 is 0 Å². The van der Waals surface area contributed by atoms with Crippen molar-refractivity contribution in [1.82, 2.24) is 15.4 Å². The fraction of sp³-hybridized carbons (Fsp3) is 0.409. The van der Waals surface area contributed by atoms with Crippen molar-refractivity contribution in [3.8, 4) is 17.4 Å². The average Bonchev–Trinajstić information content (AvgIpc) is 2.86. The van der Waals surface area contributed by atoms with Gasteiger partial charge in [0.1, 0.15) is 17.2 Å². The zero-order valence-corrected chi connectivity index (χ0v) is 19.5. The fourth-order valence-electron chi connectivity index (χ4n) is 3.66. The summed E-state index contributed by atoms with van der Waals surface area (Å²) in [7, 11) is 4.75. The molecule has 1 saturated heterocycles. The van der Waals surface area contributed by atoms with Gasteiger partial charge in [0.25, 0.3) is 0 Å². The molecular weight excluding hydrogens is 428 g/mol. The summed E-state index contributed by atoms with van der Waals surface area (Å²) >= 11 is 0. The van der Waals surface area contributed by atoms with Gasteiger partial charge in [-0.05, 0) is 19.9 Å². The zero-order chi connectivity index (χ0) is 24.0. The number of piperazine rings is 1. The highest BCUT2D eigenvalue weighted by atomic mass is 16.5. The number of benzene rings is 1. The van der Waals surface area contributed by atoms with Crippen LogP contribution in [0.15, 0.2) is 34.4 Å². The van der Waals surface area contributed by atoms with Crippen LogP contribution in [0.2, 0.25) is 0 Å². The average molecular weight is 459 g/mol. The third-order valence-corrected chi connectivity index (χ3v) is 5.50. The van der Waals surface area contributed by atoms with Gasteiger partial charge < -0.3 is 29.2 Å². The highest BCUT2D eigenvalue weighted by molar-refractivity contribution is 6.00. The Hall–Kier alpha value is -3.73. The van der Waals surface area contributed by atoms with Crippen molar-refractivity contribution in [1.29, 1.82) is 0 Å². The Labute approximate surface area is 192 Å². The Morgan fingerprint density at radius 2 is 1.64 bits per heavy atom. The number of hydrogen-bond donors (Lipinski definition) is 3. The standard InChI is InChI=1S/C22H30N6O5/c1-14-19(15(2)25-29)13-20(21(23-14)33-5)24-22(26-30)28-8-6-27(7-9-28)16-10-17(31-3)12-18(11-16)32-4/h10-13,29-30H,6-9H2,1-5H3,(H,24,26). The van der Waals surface area contributed by atoms with Crippen LogP contribution >= 0.6 is 0 Å². The smallest absolute Gasteiger partial charge is 0.240 e. The molecule has 3 N–H and O–H groups in total. The van der Waals surface area contributed by atoms with Crippen LogP contribution < -0.4 is 24.6 Å². The van der Waals surface area contributed by atoms with Gasteiger partial charge in [-0.2, -0.15) is 0 Å². The van der Waals surface area contributed by atoms with E-state index in [1.165, 1.54) is 7.11 Å². The Kier molecular flexibility index (Phi) is 7.78. The molecule has 1 aliphatic rings. The molecule has 33 heavy (non-hydrogen) atoms. The molecule has 0 radical (unpaired) electrons. The number of hydroxylamine groups is 1. The van der Waals surface area contributed by atoms with Gasteiger partial charge in [-0.3, -0.25) is 5.21 Å². The number of nitrogens with one attached hydrogen (secondary N) is 1. The predicted octanol–water partition coefficient (Wildman–Crippen LogP) is 2.40. The largest absolute Gasteiger partial charge is 0.497 e. The summed E-state index contributed by atoms with van der Waals surface area (Å²) < 4.78 is 16.1. The van der Waals surface area contributed by atoms with Crippen molar-refractivity contribution in [2.45, 2.75) is 13.8 Å². The molecule has 0 aliphatic carbocycles. The van der Waals surface area contributed by atoms with E-state index in [0.29, 0.717) is 54.7 Å². The molecule has 0 amide bonds. The second kappa shape index (κ2) is 10.7. The van der Waals surface area contributed by atoms with Gasteiger partial charge in [-0.15, -0.1) is 0 Å². The van der Waals surface area contributed by atoms with Crippen LogP contribution in [-0.2, 0) is 0 Å². The van der Waals surface area contributed by atoms with Crippen molar-refractivity contribution < 1.29 is 24.6 Å². The lowest BCUT2D eigenvalue weighted by atomic mass is 10.1. The molecule has 0 atom stereocenters. The number of aromatic nitrogens is 1. The third-order valence-electron chi connectivity index (χ3n) is 5.50. The van der Waals surface area contributed by atoms with E-state index in [0.717, 1.165) is 17.2 Å². The zero-order valence-electron chi connectivity index (χ0n) is 19.5. The van der Waals surface area contributed by atoms with Crippen LogP contribution in [0.5, 0.6) is 17.4 Å². The third kappa shape index (κ3) is 5.37. The summed E-state index contributed by atoms with van der Waals surface area (Å²) in [6.07, 6.45) is 0. The van der Waals surface area contributed by atoms with Gasteiger partial charge in [0.05, 0.1) is 32.7 Å². The normalized spacial score (nSPS) is 14.8. The predicted molar refractivity (Wildman–Crippen MR) is 125 cm³/mol. The van der Waals surface area contributed by atoms with E-state index in [-0.39, 0.29) is 5.96 Å². The number of ether oxygens (including phenoxy) is 3. The Morgan fingerprint density at radius 1 is 1.00 bits per heavy atom. The second-order valence-corrected chi connectivity index (χ2v) is 7.43. The number of guanidine groups is 1. The first kappa shape index (κ1) is 23.9. The molecule has 1 aliphatic heterocycles. The molecule has 11 heteroatoms. The van der Waals surface area contributed by atoms with Crippen LogP contribution in [0.1, 0.15) is 18.2 Å². The Bertz CT molecular complexity index is 1010. The van der Waals surface area contributed by atoms with Crippen molar-refractivity contribution in [2.24, 2.45) is 10.1 Å². The number of aliphatic imine (C=N–C) groups is 1. The van der Waals surface area contributed by atoms with Gasteiger partial charge in [0.2, 0.25) is 11.8 Å². The molecule has 0 bridgehead atoms. The monoisotopic (exact) mass is 458 g/mol. The molecule has 0 spiro atoms. The number of rotatable bonds is 6. The SMILES string of the molecule is COc1cc(OC)cc(N2CCN(C(=Nc3cc(C(C)=NO)c(C)nc3OC)NO)CC2)c1. The van der Waals surface area contributed by atoms with Crippen molar-refractivity contribution >= 4 is 23.0 Å². The van der Waals surface area contributed by atoms with E-state index in [2.05, 4.69) is 25.5 Å². The second-order valence-electron chi connectivity index (χ2n) is 7.43. The molecule has 1 aromatic carbocycles. The molecule has 0 saturated carbocycles. The van der Waals surface area contributed by atoms with Crippen LogP contribution in [0.4, 0.5) is 11.4 Å². The Balaban J connectivity index is 1.82. The number of methoxy groups -OCH3 is 3. The van der Waals surface area contributed by atoms with Crippen LogP contribution in [0.25, 0.3) is 0 Å². The van der Waals surface area contributed by atoms with Crippen LogP contribution in [0, 0.1) is 6.92 Å². The van der Waals surface area contributed by atoms with E-state index >= 15 is 0 Å². The number of pyridine rings is 1. The molecule has 2 heterocycles. The first-order valence-corrected chi connectivity index (χ1v) is 10.4. The number of oxime groups is 1. The van der Waals surface area contributed by atoms with Gasteiger partial charge in [-0.25, -0.2) is 15.5 Å². The molecule has 1 fully saturated rings. The first-order valence-electron chi connectivity index (χ1n) is 10.4. The number of nitrogens with zero attached hydrogens (tertiary/aromatic N) is 5. The molecule has 2 aromatic rings. The summed E-state index contributed by atoms with van der Waals surface area (Å²) in [6.45, 7) is 6.07. The van der Waals surface area contributed by atoms with Crippen LogP contribution in [0.3, 0.4) is 0 Å². The summed E-state index contributed by atoms with van der Waals surface area (Å²) in [5.41, 5.74) is 5.26. The van der Waals surface area contributed by atoms with E-state index in [1.807, 2.05) is 23.1 Å². The summed E-state index contributed by atoms with van der Waals surface area (Å²) in [5.74, 6) is 2.02. The fourth-order valence-corrected chi connectivity index (χ4v) is 3.66. The molecule has 11 nitrogen and oxygen atoms in total. The lowest BCUT2D eigenvalue weighted by Gasteiger charge is -2.37. The van der Waals surface area contributed by atoms with Gasteiger partial charge in [0.15, 0.2) is 0 Å². The van der Waals surface area contributed by atoms with Gasteiger partial charge >= 0.3 is 0 Å². The van der Waals surface area contributed by atoms with Crippen LogP contribution in [-0.4, -0.2) is 79.5 Å². The molecular formula is C22H30N6O5. The van der Waals surface area contributed by atoms with Gasteiger partial charge in [-0.1, -0.05) is 5.16 Å². The van der Waals surface area contributed by atoms with E-state index in [9.17, 15) is 5.21 Å². The number of anilines is 1. The van der Waals surface area contributed by atoms with Crippen molar-refractivity contribution in [3.05, 3.63) is 35.5 Å². The highest BCUT2D eigenvalue weighted by Crippen LogP contribution is 2.30. The summed E-state index contributed by atoms with van der Waals surface area (Å²) in [5, 5.41) is 22.2. The van der Waals surface area contributed by atoms with E-state index in [1.54, 1.807) is 34.1 Å². The Morgan fingerprint density at radius 3 is 2.15 bits per heavy atom. The topological polar surface area (TPSA) is 124 Å². The maximum atomic E-state index is 9.81. The maximum absolute atomic E-state index is 9.81. The first-order chi connectivity index (χ1) is 15.9. The molecule has 0 unspecified atom stereocenters. The number of hydrogen-bond acceptors (Lipinski definition) is 9. The molecule has 3 rings (SSSR count). The minimum absolute atomic E-state index is 0.270. The number of aryl methyl sites for hydroxylation is 1. The quantitative estimate of drug-likeness (QED) is 0.259. The maximum Gasteiger partial charge on any atom is 0.240 e. The summed E-state index contributed by atoms with van der Waals surface area (Å²) in [6, 6.07) is 7.48. The van der Waals surface area contributed by atoms with Gasteiger partial charge in [0, 0.05) is 55.6 Å². The van der Waals surface area contributed by atoms with E-state index in [4.69, 9.17) is 19.4 Å². The molecule has 1 aromatic heterocycles. The lowest BCUT2D eigenvalue weighted by Crippen LogP contribution is -2.52. The van der Waals surface area contributed by atoms with Crippen molar-refractivity contribution in [3.63, 3.8) is 0 Å². The minimum Gasteiger partial charge on any atom is -0.497 e.